The van der Waals surface area contributed by atoms with Crippen LogP contribution < -0.4 is 20.6 Å². The van der Waals surface area contributed by atoms with Crippen LogP contribution in [-0.4, -0.2) is 70.6 Å². The Morgan fingerprint density at radius 2 is 2.13 bits per heavy atom. The number of rotatable bonds is 8. The molecule has 0 saturated carbocycles. The number of benzene rings is 1. The standard InChI is InChI=1S/C17H21N9O4/c1-25(2)9-12-14(20-24-26(12)16-15(18)22-30-23-16)17(27)21-19-8-10-5-6-11(28-3)7-13(10)29-4/h5-8H,9H2,1-4H3,(H2,18,22)(H,21,27)/b19-8+. The minimum Gasteiger partial charge on any atom is -0.497 e. The maximum Gasteiger partial charge on any atom is 0.293 e. The van der Waals surface area contributed by atoms with Gasteiger partial charge in [0.05, 0.1) is 26.1 Å². The molecule has 1 aromatic carbocycles. The Morgan fingerprint density at radius 3 is 2.77 bits per heavy atom. The third-order valence-corrected chi connectivity index (χ3v) is 3.95. The number of amides is 1. The molecular formula is C17H21N9O4. The van der Waals surface area contributed by atoms with E-state index in [1.807, 2.05) is 19.0 Å². The van der Waals surface area contributed by atoms with E-state index in [9.17, 15) is 4.79 Å². The predicted molar refractivity (Wildman–Crippen MR) is 106 cm³/mol. The van der Waals surface area contributed by atoms with Crippen molar-refractivity contribution in [1.29, 1.82) is 0 Å². The van der Waals surface area contributed by atoms with Crippen LogP contribution in [0.25, 0.3) is 5.82 Å². The number of nitrogen functional groups attached to an aromatic ring is 1. The molecule has 2 aromatic heterocycles. The van der Waals surface area contributed by atoms with Gasteiger partial charge in [0, 0.05) is 18.2 Å². The van der Waals surface area contributed by atoms with Gasteiger partial charge in [0.15, 0.2) is 5.69 Å². The van der Waals surface area contributed by atoms with Crippen molar-refractivity contribution in [1.82, 2.24) is 35.6 Å². The number of hydrogen-bond acceptors (Lipinski definition) is 11. The maximum absolute atomic E-state index is 12.7. The summed E-state index contributed by atoms with van der Waals surface area (Å²) >= 11 is 0. The Morgan fingerprint density at radius 1 is 1.33 bits per heavy atom. The van der Waals surface area contributed by atoms with Crippen molar-refractivity contribution in [3.05, 3.63) is 35.2 Å². The third-order valence-electron chi connectivity index (χ3n) is 3.95. The normalized spacial score (nSPS) is 11.2. The second-order valence-corrected chi connectivity index (χ2v) is 6.31. The van der Waals surface area contributed by atoms with Crippen LogP contribution in [-0.2, 0) is 6.54 Å². The first-order valence-corrected chi connectivity index (χ1v) is 8.67. The number of ether oxygens (including phenoxy) is 2. The van der Waals surface area contributed by atoms with Gasteiger partial charge in [-0.3, -0.25) is 4.79 Å². The lowest BCUT2D eigenvalue weighted by Crippen LogP contribution is -2.23. The minimum atomic E-state index is -0.558. The molecule has 0 spiro atoms. The van der Waals surface area contributed by atoms with Crippen LogP contribution in [0.4, 0.5) is 5.82 Å². The molecule has 0 aliphatic rings. The largest absolute Gasteiger partial charge is 0.497 e. The molecular weight excluding hydrogens is 394 g/mol. The summed E-state index contributed by atoms with van der Waals surface area (Å²) < 4.78 is 16.4. The predicted octanol–water partition coefficient (Wildman–Crippen LogP) is 0.0752. The van der Waals surface area contributed by atoms with Crippen LogP contribution >= 0.6 is 0 Å². The summed E-state index contributed by atoms with van der Waals surface area (Å²) in [6.45, 7) is 0.331. The van der Waals surface area contributed by atoms with Crippen molar-refractivity contribution in [2.45, 2.75) is 6.54 Å². The van der Waals surface area contributed by atoms with Crippen LogP contribution in [0.5, 0.6) is 11.5 Å². The summed E-state index contributed by atoms with van der Waals surface area (Å²) in [5.41, 5.74) is 9.32. The van der Waals surface area contributed by atoms with E-state index in [1.54, 1.807) is 25.3 Å². The van der Waals surface area contributed by atoms with Crippen molar-refractivity contribution in [3.8, 4) is 17.3 Å². The van der Waals surface area contributed by atoms with Gasteiger partial charge in [0.2, 0.25) is 11.6 Å². The molecule has 0 fully saturated rings. The highest BCUT2D eigenvalue weighted by molar-refractivity contribution is 5.94. The molecule has 0 aliphatic carbocycles. The zero-order chi connectivity index (χ0) is 21.7. The summed E-state index contributed by atoms with van der Waals surface area (Å²) in [4.78, 5) is 14.5. The Hall–Kier alpha value is -4.00. The number of methoxy groups -OCH3 is 2. The van der Waals surface area contributed by atoms with Crippen LogP contribution in [0.1, 0.15) is 21.7 Å². The van der Waals surface area contributed by atoms with Crippen molar-refractivity contribution in [2.24, 2.45) is 5.10 Å². The Balaban J connectivity index is 1.83. The minimum absolute atomic E-state index is 0.0245. The average Bonchev–Trinajstić information content (AvgIpc) is 3.33. The Labute approximate surface area is 171 Å². The molecule has 2 heterocycles. The number of anilines is 1. The van der Waals surface area contributed by atoms with Gasteiger partial charge in [-0.25, -0.2) is 10.1 Å². The Kier molecular flexibility index (Phi) is 6.22. The molecule has 0 atom stereocenters. The molecule has 0 bridgehead atoms. The van der Waals surface area contributed by atoms with Gasteiger partial charge < -0.3 is 20.1 Å². The van der Waals surface area contributed by atoms with Gasteiger partial charge in [-0.05, 0) is 36.5 Å². The van der Waals surface area contributed by atoms with Gasteiger partial charge in [-0.1, -0.05) is 5.21 Å². The maximum atomic E-state index is 12.7. The monoisotopic (exact) mass is 415 g/mol. The highest BCUT2D eigenvalue weighted by atomic mass is 16.6. The number of carbonyl (C=O) groups excluding carboxylic acids is 1. The molecule has 158 valence electrons. The molecule has 3 aromatic rings. The molecule has 1 amide bonds. The summed E-state index contributed by atoms with van der Waals surface area (Å²) in [7, 11) is 6.75. The zero-order valence-electron chi connectivity index (χ0n) is 16.9. The van der Waals surface area contributed by atoms with Crippen LogP contribution in [0.15, 0.2) is 27.9 Å². The Bertz CT molecular complexity index is 1060. The van der Waals surface area contributed by atoms with Crippen molar-refractivity contribution in [2.75, 3.05) is 34.0 Å². The lowest BCUT2D eigenvalue weighted by atomic mass is 10.2. The van der Waals surface area contributed by atoms with Crippen molar-refractivity contribution >= 4 is 17.9 Å². The lowest BCUT2D eigenvalue weighted by molar-refractivity contribution is 0.0948. The van der Waals surface area contributed by atoms with Crippen LogP contribution in [0.3, 0.4) is 0 Å². The fourth-order valence-electron chi connectivity index (χ4n) is 2.57. The number of nitrogens with zero attached hydrogens (tertiary/aromatic N) is 7. The number of nitrogens with two attached hydrogens (primary N) is 1. The van der Waals surface area contributed by atoms with E-state index in [0.29, 0.717) is 29.3 Å². The first kappa shape index (κ1) is 20.7. The molecule has 13 heteroatoms. The topological polar surface area (TPSA) is 159 Å². The molecule has 0 saturated heterocycles. The van der Waals surface area contributed by atoms with Gasteiger partial charge in [0.25, 0.3) is 5.91 Å². The van der Waals surface area contributed by atoms with E-state index in [0.717, 1.165) is 0 Å². The summed E-state index contributed by atoms with van der Waals surface area (Å²) in [6.07, 6.45) is 1.45. The number of carbonyl (C=O) groups is 1. The first-order chi connectivity index (χ1) is 14.4. The van der Waals surface area contributed by atoms with Gasteiger partial charge in [-0.15, -0.1) is 5.10 Å². The fourth-order valence-corrected chi connectivity index (χ4v) is 2.57. The van der Waals surface area contributed by atoms with E-state index >= 15 is 0 Å². The number of nitrogens with one attached hydrogen (secondary N) is 1. The SMILES string of the molecule is COc1ccc(/C=N/NC(=O)c2nnn(-c3nonc3N)c2CN(C)C)c(OC)c1. The average molecular weight is 415 g/mol. The lowest BCUT2D eigenvalue weighted by Gasteiger charge is -2.11. The molecule has 0 aliphatic heterocycles. The molecule has 13 nitrogen and oxygen atoms in total. The number of hydrazone groups is 1. The van der Waals surface area contributed by atoms with Crippen LogP contribution in [0, 0.1) is 0 Å². The quantitative estimate of drug-likeness (QED) is 0.381. The van der Waals surface area contributed by atoms with Gasteiger partial charge in [-0.2, -0.15) is 9.78 Å². The second kappa shape index (κ2) is 9.00. The van der Waals surface area contributed by atoms with E-state index < -0.39 is 5.91 Å². The zero-order valence-corrected chi connectivity index (χ0v) is 16.9. The summed E-state index contributed by atoms with van der Waals surface area (Å²) in [6, 6.07) is 5.21. The second-order valence-electron chi connectivity index (χ2n) is 6.31. The smallest absolute Gasteiger partial charge is 0.293 e. The highest BCUT2D eigenvalue weighted by Crippen LogP contribution is 2.23. The fraction of sp³-hybridized carbons (Fsp3) is 0.294. The number of aromatic nitrogens is 5. The number of hydrogen-bond donors (Lipinski definition) is 2. The molecule has 0 radical (unpaired) electrons. The molecule has 0 unspecified atom stereocenters. The van der Waals surface area contributed by atoms with E-state index in [4.69, 9.17) is 15.2 Å². The van der Waals surface area contributed by atoms with Crippen molar-refractivity contribution in [3.63, 3.8) is 0 Å². The van der Waals surface area contributed by atoms with Crippen molar-refractivity contribution < 1.29 is 18.9 Å². The van der Waals surface area contributed by atoms with E-state index in [1.165, 1.54) is 18.0 Å². The molecule has 3 rings (SSSR count). The summed E-state index contributed by atoms with van der Waals surface area (Å²) in [5, 5.41) is 19.1. The van der Waals surface area contributed by atoms with E-state index in [2.05, 4.69) is 35.8 Å². The van der Waals surface area contributed by atoms with Gasteiger partial charge >= 0.3 is 0 Å². The highest BCUT2D eigenvalue weighted by Gasteiger charge is 2.24. The summed E-state index contributed by atoms with van der Waals surface area (Å²) in [5.74, 6) is 0.790. The van der Waals surface area contributed by atoms with E-state index in [-0.39, 0.29) is 17.3 Å². The first-order valence-electron chi connectivity index (χ1n) is 8.67. The van der Waals surface area contributed by atoms with Crippen LogP contribution in [0.2, 0.25) is 0 Å². The third kappa shape index (κ3) is 4.35. The molecule has 3 N–H and O–H groups in total. The molecule has 30 heavy (non-hydrogen) atoms. The van der Waals surface area contributed by atoms with Gasteiger partial charge in [0.1, 0.15) is 11.5 Å².